The van der Waals surface area contributed by atoms with E-state index < -0.39 is 0 Å². The van der Waals surface area contributed by atoms with Crippen molar-refractivity contribution in [2.75, 3.05) is 17.2 Å². The molecule has 3 rings (SSSR count). The molecule has 7 heteroatoms. The second kappa shape index (κ2) is 9.92. The zero-order valence-corrected chi connectivity index (χ0v) is 16.6. The van der Waals surface area contributed by atoms with Crippen LogP contribution in [-0.2, 0) is 16.0 Å². The van der Waals surface area contributed by atoms with Gasteiger partial charge in [0.25, 0.3) is 0 Å². The summed E-state index contributed by atoms with van der Waals surface area (Å²) in [7, 11) is 0. The molecular weight excluding hydrogens is 396 g/mol. The van der Waals surface area contributed by atoms with Crippen LogP contribution in [0, 0.1) is 0 Å². The number of carbonyl (C=O) groups is 2. The van der Waals surface area contributed by atoms with Crippen LogP contribution in [-0.4, -0.2) is 18.4 Å². The third-order valence-electron chi connectivity index (χ3n) is 3.81. The van der Waals surface area contributed by atoms with Crippen LogP contribution >= 0.6 is 22.9 Å². The largest absolute Gasteiger partial charge is 0.491 e. The number of thiophene rings is 1. The minimum absolute atomic E-state index is 0.133. The van der Waals surface area contributed by atoms with Gasteiger partial charge in [-0.15, -0.1) is 11.3 Å². The predicted molar refractivity (Wildman–Crippen MR) is 113 cm³/mol. The Morgan fingerprint density at radius 2 is 1.57 bits per heavy atom. The Morgan fingerprint density at radius 3 is 2.25 bits per heavy atom. The SMILES string of the molecule is O=C(CCOc1ccccc1Cl)Nc1ccccc1NC(=O)Cc1cccs1. The zero-order valence-electron chi connectivity index (χ0n) is 15.0. The highest BCUT2D eigenvalue weighted by atomic mass is 35.5. The van der Waals surface area contributed by atoms with Gasteiger partial charge in [-0.3, -0.25) is 9.59 Å². The van der Waals surface area contributed by atoms with Gasteiger partial charge < -0.3 is 15.4 Å². The molecule has 0 aliphatic rings. The summed E-state index contributed by atoms with van der Waals surface area (Å²) in [6.45, 7) is 0.197. The number of hydrogen-bond donors (Lipinski definition) is 2. The summed E-state index contributed by atoms with van der Waals surface area (Å²) in [5.41, 5.74) is 1.11. The van der Waals surface area contributed by atoms with Crippen molar-refractivity contribution in [2.24, 2.45) is 0 Å². The van der Waals surface area contributed by atoms with Gasteiger partial charge in [0.1, 0.15) is 5.75 Å². The lowest BCUT2D eigenvalue weighted by Crippen LogP contribution is -2.19. The molecule has 1 aromatic heterocycles. The molecule has 0 saturated heterocycles. The number of anilines is 2. The average Bonchev–Trinajstić information content (AvgIpc) is 3.18. The molecule has 0 atom stereocenters. The molecule has 144 valence electrons. The molecule has 3 aromatic rings. The van der Waals surface area contributed by atoms with Crippen LogP contribution in [0.3, 0.4) is 0 Å². The molecule has 0 aliphatic heterocycles. The van der Waals surface area contributed by atoms with Crippen molar-refractivity contribution < 1.29 is 14.3 Å². The number of carbonyl (C=O) groups excluding carboxylic acids is 2. The molecule has 0 spiro atoms. The summed E-state index contributed by atoms with van der Waals surface area (Å²) in [5, 5.41) is 8.09. The van der Waals surface area contributed by atoms with E-state index in [-0.39, 0.29) is 24.8 Å². The molecule has 2 amide bonds. The van der Waals surface area contributed by atoms with E-state index >= 15 is 0 Å². The maximum absolute atomic E-state index is 12.2. The van der Waals surface area contributed by atoms with Crippen LogP contribution in [0.2, 0.25) is 5.02 Å². The smallest absolute Gasteiger partial charge is 0.229 e. The lowest BCUT2D eigenvalue weighted by molar-refractivity contribution is -0.117. The van der Waals surface area contributed by atoms with Crippen LogP contribution in [0.1, 0.15) is 11.3 Å². The van der Waals surface area contributed by atoms with E-state index in [2.05, 4.69) is 10.6 Å². The van der Waals surface area contributed by atoms with Crippen LogP contribution in [0.4, 0.5) is 11.4 Å². The van der Waals surface area contributed by atoms with Gasteiger partial charge >= 0.3 is 0 Å². The highest BCUT2D eigenvalue weighted by molar-refractivity contribution is 7.10. The molecular formula is C21H19ClN2O3S. The van der Waals surface area contributed by atoms with E-state index in [1.54, 1.807) is 36.4 Å². The Balaban J connectivity index is 1.53. The highest BCUT2D eigenvalue weighted by Crippen LogP contribution is 2.24. The predicted octanol–water partition coefficient (Wildman–Crippen LogP) is 4.99. The van der Waals surface area contributed by atoms with Gasteiger partial charge in [-0.2, -0.15) is 0 Å². The first-order valence-corrected chi connectivity index (χ1v) is 9.96. The van der Waals surface area contributed by atoms with E-state index in [4.69, 9.17) is 16.3 Å². The van der Waals surface area contributed by atoms with Gasteiger partial charge in [0, 0.05) is 4.88 Å². The Morgan fingerprint density at radius 1 is 0.893 bits per heavy atom. The average molecular weight is 415 g/mol. The van der Waals surface area contributed by atoms with Gasteiger partial charge in [-0.1, -0.05) is 41.9 Å². The van der Waals surface area contributed by atoms with Crippen LogP contribution in [0.15, 0.2) is 66.0 Å². The van der Waals surface area contributed by atoms with Crippen molar-refractivity contribution in [3.05, 3.63) is 75.9 Å². The molecule has 0 fully saturated rings. The molecule has 1 heterocycles. The molecule has 0 saturated carbocycles. The third kappa shape index (κ3) is 5.84. The number of halogens is 1. The van der Waals surface area contributed by atoms with E-state index in [1.807, 2.05) is 29.6 Å². The van der Waals surface area contributed by atoms with Crippen molar-refractivity contribution in [1.82, 2.24) is 0 Å². The van der Waals surface area contributed by atoms with Gasteiger partial charge in [-0.05, 0) is 35.7 Å². The first kappa shape index (κ1) is 19.9. The number of nitrogens with one attached hydrogen (secondary N) is 2. The van der Waals surface area contributed by atoms with Crippen molar-refractivity contribution in [1.29, 1.82) is 0 Å². The monoisotopic (exact) mass is 414 g/mol. The fraction of sp³-hybridized carbons (Fsp3) is 0.143. The standard InChI is InChI=1S/C21H19ClN2O3S/c22-16-7-1-4-10-19(16)27-12-11-20(25)23-17-8-2-3-9-18(17)24-21(26)14-15-6-5-13-28-15/h1-10,13H,11-12,14H2,(H,23,25)(H,24,26). The lowest BCUT2D eigenvalue weighted by Gasteiger charge is -2.12. The van der Waals surface area contributed by atoms with E-state index in [9.17, 15) is 9.59 Å². The zero-order chi connectivity index (χ0) is 19.8. The number of amides is 2. The number of benzene rings is 2. The maximum Gasteiger partial charge on any atom is 0.229 e. The van der Waals surface area contributed by atoms with E-state index in [0.29, 0.717) is 28.6 Å². The molecule has 0 bridgehead atoms. The molecule has 2 aromatic carbocycles. The molecule has 5 nitrogen and oxygen atoms in total. The lowest BCUT2D eigenvalue weighted by atomic mass is 10.2. The van der Waals surface area contributed by atoms with Gasteiger partial charge in [0.05, 0.1) is 35.8 Å². The fourth-order valence-electron chi connectivity index (χ4n) is 2.50. The van der Waals surface area contributed by atoms with Crippen molar-refractivity contribution in [3.8, 4) is 5.75 Å². The van der Waals surface area contributed by atoms with Crippen LogP contribution < -0.4 is 15.4 Å². The summed E-state index contributed by atoms with van der Waals surface area (Å²) in [6, 6.07) is 18.0. The van der Waals surface area contributed by atoms with Gasteiger partial charge in [0.2, 0.25) is 11.8 Å². The molecule has 28 heavy (non-hydrogen) atoms. The summed E-state index contributed by atoms with van der Waals surface area (Å²) in [4.78, 5) is 25.5. The molecule has 0 radical (unpaired) electrons. The fourth-order valence-corrected chi connectivity index (χ4v) is 3.39. The minimum Gasteiger partial charge on any atom is -0.491 e. The Bertz CT molecular complexity index is 944. The number of hydrogen-bond acceptors (Lipinski definition) is 4. The summed E-state index contributed by atoms with van der Waals surface area (Å²) in [5.74, 6) is 0.191. The Labute approximate surface area is 172 Å². The van der Waals surface area contributed by atoms with Gasteiger partial charge in [0.15, 0.2) is 0 Å². The summed E-state index contributed by atoms with van der Waals surface area (Å²) >= 11 is 7.56. The summed E-state index contributed by atoms with van der Waals surface area (Å²) in [6.07, 6.45) is 0.453. The van der Waals surface area contributed by atoms with E-state index in [1.165, 1.54) is 11.3 Å². The quantitative estimate of drug-likeness (QED) is 0.545. The number of ether oxygens (including phenoxy) is 1. The first-order valence-electron chi connectivity index (χ1n) is 8.70. The number of rotatable bonds is 8. The Hall–Kier alpha value is -2.83. The van der Waals surface area contributed by atoms with Crippen LogP contribution in [0.25, 0.3) is 0 Å². The summed E-state index contributed by atoms with van der Waals surface area (Å²) < 4.78 is 5.54. The van der Waals surface area contributed by atoms with Gasteiger partial charge in [-0.25, -0.2) is 0 Å². The Kier molecular flexibility index (Phi) is 7.06. The van der Waals surface area contributed by atoms with Crippen molar-refractivity contribution in [2.45, 2.75) is 12.8 Å². The normalized spacial score (nSPS) is 10.3. The second-order valence-corrected chi connectivity index (χ2v) is 7.37. The molecule has 0 aliphatic carbocycles. The first-order chi connectivity index (χ1) is 13.6. The van der Waals surface area contributed by atoms with Crippen molar-refractivity contribution >= 4 is 46.1 Å². The minimum atomic E-state index is -0.216. The van der Waals surface area contributed by atoms with Crippen LogP contribution in [0.5, 0.6) is 5.75 Å². The number of para-hydroxylation sites is 3. The van der Waals surface area contributed by atoms with Crippen molar-refractivity contribution in [3.63, 3.8) is 0 Å². The molecule has 2 N–H and O–H groups in total. The molecule has 0 unspecified atom stereocenters. The second-order valence-electron chi connectivity index (χ2n) is 5.93. The topological polar surface area (TPSA) is 67.4 Å². The van der Waals surface area contributed by atoms with E-state index in [0.717, 1.165) is 4.88 Å². The maximum atomic E-state index is 12.2. The highest BCUT2D eigenvalue weighted by Gasteiger charge is 2.11. The third-order valence-corrected chi connectivity index (χ3v) is 5.00.